The summed E-state index contributed by atoms with van der Waals surface area (Å²) in [4.78, 5) is 4.39. The van der Waals surface area contributed by atoms with E-state index in [1.807, 2.05) is 22.9 Å². The number of nitrogens with zero attached hydrogens (tertiary/aromatic N) is 3. The minimum Gasteiger partial charge on any atom is -0.261 e. The smallest absolute Gasteiger partial charge is 0.0907 e. The zero-order valence-corrected chi connectivity index (χ0v) is 9.59. The summed E-state index contributed by atoms with van der Waals surface area (Å²) in [5.74, 6) is 0. The molecular weight excluding hydrogens is 197 g/mol. The lowest BCUT2D eigenvalue weighted by Crippen LogP contribution is -2.06. The molecule has 2 rings (SSSR count). The minimum atomic E-state index is 0.317. The Hall–Kier alpha value is -1.58. The largest absolute Gasteiger partial charge is 0.261 e. The summed E-state index contributed by atoms with van der Waals surface area (Å²) in [7, 11) is 5.71. The van der Waals surface area contributed by atoms with Crippen LogP contribution in [0.5, 0.6) is 0 Å². The SMILES string of the molecule is [B]Cc1cccnc1-c1ccnn1C(C)C. The third-order valence-electron chi connectivity index (χ3n) is 2.51. The van der Waals surface area contributed by atoms with Crippen molar-refractivity contribution in [1.29, 1.82) is 0 Å². The molecule has 2 heterocycles. The van der Waals surface area contributed by atoms with Crippen LogP contribution in [-0.4, -0.2) is 22.6 Å². The second-order valence-electron chi connectivity index (χ2n) is 3.97. The number of hydrogen-bond acceptors (Lipinski definition) is 2. The van der Waals surface area contributed by atoms with Crippen molar-refractivity contribution in [2.45, 2.75) is 26.2 Å². The van der Waals surface area contributed by atoms with E-state index in [4.69, 9.17) is 7.85 Å². The zero-order valence-electron chi connectivity index (χ0n) is 9.59. The third-order valence-corrected chi connectivity index (χ3v) is 2.51. The Bertz CT molecular complexity index is 477. The van der Waals surface area contributed by atoms with Crippen molar-refractivity contribution in [2.75, 3.05) is 0 Å². The quantitative estimate of drug-likeness (QED) is 0.728. The molecule has 0 aliphatic carbocycles. The predicted molar refractivity (Wildman–Crippen MR) is 65.3 cm³/mol. The van der Waals surface area contributed by atoms with Gasteiger partial charge in [-0.05, 0) is 31.5 Å². The Balaban J connectivity index is 2.54. The standard InChI is InChI=1S/C12H14BN3/c1-9(2)16-11(5-7-15-16)12-10(8-13)4-3-6-14-12/h3-7,9H,8H2,1-2H3. The van der Waals surface area contributed by atoms with E-state index in [-0.39, 0.29) is 0 Å². The molecule has 0 aliphatic rings. The summed E-state index contributed by atoms with van der Waals surface area (Å²) in [5, 5.41) is 4.30. The molecule has 0 unspecified atom stereocenters. The molecular formula is C12H14BN3. The molecule has 0 spiro atoms. The molecule has 0 fully saturated rings. The van der Waals surface area contributed by atoms with E-state index in [0.29, 0.717) is 12.4 Å². The Morgan fingerprint density at radius 2 is 2.12 bits per heavy atom. The summed E-state index contributed by atoms with van der Waals surface area (Å²) in [5.41, 5.74) is 3.00. The topological polar surface area (TPSA) is 30.7 Å². The van der Waals surface area contributed by atoms with Gasteiger partial charge in [0.05, 0.1) is 19.2 Å². The van der Waals surface area contributed by atoms with Crippen LogP contribution in [0.2, 0.25) is 0 Å². The number of aromatic nitrogens is 3. The van der Waals surface area contributed by atoms with Crippen molar-refractivity contribution in [3.05, 3.63) is 36.2 Å². The molecule has 0 bridgehead atoms. The Morgan fingerprint density at radius 3 is 2.81 bits per heavy atom. The first-order valence-electron chi connectivity index (χ1n) is 5.42. The van der Waals surface area contributed by atoms with E-state index < -0.39 is 0 Å². The van der Waals surface area contributed by atoms with Crippen molar-refractivity contribution >= 4 is 7.85 Å². The lowest BCUT2D eigenvalue weighted by atomic mass is 9.95. The zero-order chi connectivity index (χ0) is 11.5. The summed E-state index contributed by atoms with van der Waals surface area (Å²) in [6.45, 7) is 4.20. The van der Waals surface area contributed by atoms with Crippen molar-refractivity contribution < 1.29 is 0 Å². The van der Waals surface area contributed by atoms with Crippen molar-refractivity contribution in [3.8, 4) is 11.4 Å². The van der Waals surface area contributed by atoms with E-state index in [1.54, 1.807) is 12.4 Å². The first kappa shape index (κ1) is 10.9. The maximum atomic E-state index is 5.71. The molecule has 0 aromatic carbocycles. The van der Waals surface area contributed by atoms with Gasteiger partial charge in [-0.3, -0.25) is 9.67 Å². The van der Waals surface area contributed by atoms with Crippen LogP contribution >= 0.6 is 0 Å². The third kappa shape index (κ3) is 1.87. The number of rotatable bonds is 3. The lowest BCUT2D eigenvalue weighted by molar-refractivity contribution is 0.537. The Kier molecular flexibility index (Phi) is 3.08. The molecule has 0 amide bonds. The Morgan fingerprint density at radius 1 is 1.31 bits per heavy atom. The van der Waals surface area contributed by atoms with E-state index in [9.17, 15) is 0 Å². The van der Waals surface area contributed by atoms with E-state index >= 15 is 0 Å². The molecule has 80 valence electrons. The fourth-order valence-electron chi connectivity index (χ4n) is 1.75. The lowest BCUT2D eigenvalue weighted by Gasteiger charge is -2.12. The van der Waals surface area contributed by atoms with Crippen LogP contribution < -0.4 is 0 Å². The predicted octanol–water partition coefficient (Wildman–Crippen LogP) is 2.19. The molecule has 0 saturated carbocycles. The molecule has 0 aliphatic heterocycles. The van der Waals surface area contributed by atoms with E-state index in [0.717, 1.165) is 17.0 Å². The van der Waals surface area contributed by atoms with Gasteiger partial charge in [0.15, 0.2) is 0 Å². The highest BCUT2D eigenvalue weighted by Gasteiger charge is 2.11. The molecule has 3 nitrogen and oxygen atoms in total. The summed E-state index contributed by atoms with van der Waals surface area (Å²) >= 11 is 0. The minimum absolute atomic E-state index is 0.317. The Labute approximate surface area is 96.9 Å². The average Bonchev–Trinajstić information content (AvgIpc) is 2.77. The monoisotopic (exact) mass is 211 g/mol. The maximum Gasteiger partial charge on any atom is 0.0907 e. The second kappa shape index (κ2) is 4.52. The normalized spacial score (nSPS) is 10.9. The van der Waals surface area contributed by atoms with E-state index in [2.05, 4.69) is 23.9 Å². The fourth-order valence-corrected chi connectivity index (χ4v) is 1.75. The van der Waals surface area contributed by atoms with Gasteiger partial charge < -0.3 is 0 Å². The van der Waals surface area contributed by atoms with Crippen LogP contribution in [0.15, 0.2) is 30.6 Å². The first-order chi connectivity index (χ1) is 7.74. The summed E-state index contributed by atoms with van der Waals surface area (Å²) in [6, 6.07) is 6.20. The molecule has 0 atom stereocenters. The average molecular weight is 211 g/mol. The molecule has 4 heteroatoms. The molecule has 2 aromatic rings. The van der Waals surface area contributed by atoms with Gasteiger partial charge in [-0.2, -0.15) is 5.10 Å². The van der Waals surface area contributed by atoms with Gasteiger partial charge in [0.1, 0.15) is 0 Å². The van der Waals surface area contributed by atoms with Crippen LogP contribution in [0.4, 0.5) is 0 Å². The highest BCUT2D eigenvalue weighted by Crippen LogP contribution is 2.23. The van der Waals surface area contributed by atoms with Crippen molar-refractivity contribution in [3.63, 3.8) is 0 Å². The molecule has 2 aromatic heterocycles. The highest BCUT2D eigenvalue weighted by molar-refractivity contribution is 6.08. The van der Waals surface area contributed by atoms with Crippen molar-refractivity contribution in [1.82, 2.24) is 14.8 Å². The van der Waals surface area contributed by atoms with Crippen LogP contribution in [0.1, 0.15) is 25.5 Å². The number of hydrogen-bond donors (Lipinski definition) is 0. The maximum absolute atomic E-state index is 5.71. The number of pyridine rings is 1. The van der Waals surface area contributed by atoms with Gasteiger partial charge in [0.25, 0.3) is 0 Å². The highest BCUT2D eigenvalue weighted by atomic mass is 15.3. The molecule has 0 saturated heterocycles. The van der Waals surface area contributed by atoms with E-state index in [1.165, 1.54) is 0 Å². The summed E-state index contributed by atoms with van der Waals surface area (Å²) < 4.78 is 1.96. The first-order valence-corrected chi connectivity index (χ1v) is 5.42. The van der Waals surface area contributed by atoms with Gasteiger partial charge >= 0.3 is 0 Å². The van der Waals surface area contributed by atoms with Gasteiger partial charge in [-0.1, -0.05) is 12.4 Å². The van der Waals surface area contributed by atoms with Crippen LogP contribution in [-0.2, 0) is 6.32 Å². The van der Waals surface area contributed by atoms with Gasteiger partial charge in [-0.15, -0.1) is 0 Å². The van der Waals surface area contributed by atoms with Gasteiger partial charge in [0, 0.05) is 18.4 Å². The molecule has 16 heavy (non-hydrogen) atoms. The summed E-state index contributed by atoms with van der Waals surface area (Å²) in [6.07, 6.45) is 4.07. The van der Waals surface area contributed by atoms with Crippen molar-refractivity contribution in [2.24, 2.45) is 0 Å². The van der Waals surface area contributed by atoms with Gasteiger partial charge in [0.2, 0.25) is 0 Å². The van der Waals surface area contributed by atoms with Gasteiger partial charge in [-0.25, -0.2) is 0 Å². The second-order valence-corrected chi connectivity index (χ2v) is 3.97. The van der Waals surface area contributed by atoms with Crippen LogP contribution in [0, 0.1) is 0 Å². The van der Waals surface area contributed by atoms with Crippen LogP contribution in [0.25, 0.3) is 11.4 Å². The molecule has 0 N–H and O–H groups in total. The fraction of sp³-hybridized carbons (Fsp3) is 0.333. The van der Waals surface area contributed by atoms with Crippen LogP contribution in [0.3, 0.4) is 0 Å². The molecule has 2 radical (unpaired) electrons.